The molecule has 0 unspecified atom stereocenters. The van der Waals surface area contributed by atoms with Gasteiger partial charge in [-0.25, -0.2) is 4.79 Å². The van der Waals surface area contributed by atoms with Gasteiger partial charge in [0.2, 0.25) is 0 Å². The number of ether oxygens (including phenoxy) is 3. The number of hydrogen-bond donors (Lipinski definition) is 2. The van der Waals surface area contributed by atoms with Gasteiger partial charge in [0.15, 0.2) is 17.2 Å². The Morgan fingerprint density at radius 1 is 1.23 bits per heavy atom. The summed E-state index contributed by atoms with van der Waals surface area (Å²) in [5.74, 6) is -0.753. The largest absolute Gasteiger partial charge is 0.493 e. The Morgan fingerprint density at radius 2 is 1.94 bits per heavy atom. The number of rotatable bonds is 12. The second kappa shape index (κ2) is 12.7. The van der Waals surface area contributed by atoms with Gasteiger partial charge in [-0.05, 0) is 36.1 Å². The van der Waals surface area contributed by atoms with E-state index >= 15 is 0 Å². The van der Waals surface area contributed by atoms with E-state index in [9.17, 15) is 23.2 Å². The van der Waals surface area contributed by atoms with Crippen molar-refractivity contribution in [3.63, 3.8) is 0 Å². The normalized spacial score (nSPS) is 11.4. The van der Waals surface area contributed by atoms with Gasteiger partial charge in [-0.1, -0.05) is 19.9 Å². The van der Waals surface area contributed by atoms with Crippen molar-refractivity contribution in [2.45, 2.75) is 33.4 Å². The minimum atomic E-state index is -3.02. The standard InChI is InChI=1S/C23H30F2N4O6/c1-14(2)13-29-20(26)19(21(31)27-23(29)32)28(10-5-11-33-3)18(30)9-7-15-6-8-16(35-22(24)25)17(12-15)34-4/h6-9,12,14,22H,5,10-11,13,26H2,1-4H3,(H,27,31,32)/b9-7+. The minimum Gasteiger partial charge on any atom is -0.493 e. The zero-order valence-corrected chi connectivity index (χ0v) is 20.0. The maximum Gasteiger partial charge on any atom is 0.387 e. The Morgan fingerprint density at radius 3 is 2.54 bits per heavy atom. The lowest BCUT2D eigenvalue weighted by atomic mass is 10.1. The molecule has 1 aromatic heterocycles. The Kier molecular flexibility index (Phi) is 10.0. The molecule has 1 amide bonds. The molecule has 0 aliphatic heterocycles. The van der Waals surface area contributed by atoms with Crippen molar-refractivity contribution in [2.24, 2.45) is 5.92 Å². The van der Waals surface area contributed by atoms with Gasteiger partial charge in [-0.2, -0.15) is 8.78 Å². The Bertz CT molecular complexity index is 1160. The number of nitrogen functional groups attached to an aromatic ring is 1. The molecule has 0 saturated carbocycles. The van der Waals surface area contributed by atoms with Crippen LogP contribution >= 0.6 is 0 Å². The number of amides is 1. The maximum absolute atomic E-state index is 13.1. The lowest BCUT2D eigenvalue weighted by Gasteiger charge is -2.24. The van der Waals surface area contributed by atoms with Gasteiger partial charge in [0.1, 0.15) is 5.82 Å². The molecule has 12 heteroatoms. The lowest BCUT2D eigenvalue weighted by molar-refractivity contribution is -0.114. The molecular formula is C23H30F2N4O6. The van der Waals surface area contributed by atoms with E-state index in [1.165, 1.54) is 54.0 Å². The number of aromatic nitrogens is 2. The molecule has 192 valence electrons. The number of alkyl halides is 2. The molecule has 0 radical (unpaired) electrons. The SMILES string of the molecule is COCCCN(C(=O)/C=C/c1ccc(OC(F)F)c(OC)c1)c1c(N)n(CC(C)C)c(=O)[nH]c1=O. The van der Waals surface area contributed by atoms with Crippen molar-refractivity contribution in [2.75, 3.05) is 38.0 Å². The van der Waals surface area contributed by atoms with Gasteiger partial charge < -0.3 is 24.8 Å². The number of carbonyl (C=O) groups is 1. The molecule has 0 saturated heterocycles. The summed E-state index contributed by atoms with van der Waals surface area (Å²) in [5, 5.41) is 0. The Labute approximate surface area is 200 Å². The maximum atomic E-state index is 13.1. The molecule has 2 rings (SSSR count). The van der Waals surface area contributed by atoms with Gasteiger partial charge in [0.05, 0.1) is 7.11 Å². The van der Waals surface area contributed by atoms with Crippen LogP contribution in [-0.2, 0) is 16.1 Å². The van der Waals surface area contributed by atoms with E-state index in [4.69, 9.17) is 15.2 Å². The first-order valence-corrected chi connectivity index (χ1v) is 10.8. The van der Waals surface area contributed by atoms with E-state index in [-0.39, 0.29) is 42.0 Å². The summed E-state index contributed by atoms with van der Waals surface area (Å²) in [6.45, 7) is 1.40. The number of benzene rings is 1. The molecule has 0 aliphatic rings. The zero-order chi connectivity index (χ0) is 26.1. The van der Waals surface area contributed by atoms with Crippen LogP contribution < -0.4 is 31.4 Å². The second-order valence-electron chi connectivity index (χ2n) is 7.96. The highest BCUT2D eigenvalue weighted by Gasteiger charge is 2.23. The number of carbonyl (C=O) groups excluding carboxylic acids is 1. The number of methoxy groups -OCH3 is 2. The molecule has 1 heterocycles. The van der Waals surface area contributed by atoms with Crippen LogP contribution in [0, 0.1) is 5.92 Å². The number of hydrogen-bond acceptors (Lipinski definition) is 7. The number of H-pyrrole nitrogens is 1. The first-order chi connectivity index (χ1) is 16.6. The highest BCUT2D eigenvalue weighted by Crippen LogP contribution is 2.30. The predicted molar refractivity (Wildman–Crippen MR) is 128 cm³/mol. The van der Waals surface area contributed by atoms with E-state index < -0.39 is 23.8 Å². The van der Waals surface area contributed by atoms with Gasteiger partial charge in [0.25, 0.3) is 11.5 Å². The van der Waals surface area contributed by atoms with Crippen LogP contribution in [0.3, 0.4) is 0 Å². The number of nitrogens with one attached hydrogen (secondary N) is 1. The van der Waals surface area contributed by atoms with Crippen molar-refractivity contribution in [1.82, 2.24) is 9.55 Å². The predicted octanol–water partition coefficient (Wildman–Crippen LogP) is 2.47. The highest BCUT2D eigenvalue weighted by molar-refractivity contribution is 6.05. The molecule has 0 atom stereocenters. The first-order valence-electron chi connectivity index (χ1n) is 10.8. The third-order valence-electron chi connectivity index (χ3n) is 4.85. The number of aromatic amines is 1. The second-order valence-corrected chi connectivity index (χ2v) is 7.96. The molecule has 3 N–H and O–H groups in total. The average molecular weight is 497 g/mol. The number of nitrogens with zero attached hydrogens (tertiary/aromatic N) is 2. The van der Waals surface area contributed by atoms with E-state index in [0.29, 0.717) is 18.6 Å². The van der Waals surface area contributed by atoms with Gasteiger partial charge >= 0.3 is 12.3 Å². The fourth-order valence-corrected chi connectivity index (χ4v) is 3.32. The monoisotopic (exact) mass is 496 g/mol. The summed E-state index contributed by atoms with van der Waals surface area (Å²) in [7, 11) is 2.80. The molecule has 0 fully saturated rings. The van der Waals surface area contributed by atoms with Gasteiger partial charge in [0, 0.05) is 32.9 Å². The fraction of sp³-hybridized carbons (Fsp3) is 0.435. The molecule has 1 aromatic carbocycles. The summed E-state index contributed by atoms with van der Waals surface area (Å²) >= 11 is 0. The number of anilines is 2. The van der Waals surface area contributed by atoms with Crippen molar-refractivity contribution in [3.05, 3.63) is 50.7 Å². The molecule has 10 nitrogen and oxygen atoms in total. The number of nitrogens with two attached hydrogens (primary N) is 1. The van der Waals surface area contributed by atoms with Crippen molar-refractivity contribution >= 4 is 23.5 Å². The van der Waals surface area contributed by atoms with Crippen LogP contribution in [0.1, 0.15) is 25.8 Å². The highest BCUT2D eigenvalue weighted by atomic mass is 19.3. The average Bonchev–Trinajstić information content (AvgIpc) is 2.79. The van der Waals surface area contributed by atoms with E-state index in [1.54, 1.807) is 0 Å². The van der Waals surface area contributed by atoms with E-state index in [1.807, 2.05) is 13.8 Å². The summed E-state index contributed by atoms with van der Waals surface area (Å²) < 4.78 is 40.8. The summed E-state index contributed by atoms with van der Waals surface area (Å²) in [5.41, 5.74) is 5.04. The Balaban J connectivity index is 2.44. The molecule has 2 aromatic rings. The van der Waals surface area contributed by atoms with Crippen molar-refractivity contribution < 1.29 is 27.8 Å². The third-order valence-corrected chi connectivity index (χ3v) is 4.85. The topological polar surface area (TPSA) is 129 Å². The van der Waals surface area contributed by atoms with Crippen LogP contribution in [0.5, 0.6) is 11.5 Å². The number of halogens is 2. The van der Waals surface area contributed by atoms with Crippen LogP contribution in [0.2, 0.25) is 0 Å². The van der Waals surface area contributed by atoms with Gasteiger partial charge in [-0.3, -0.25) is 19.1 Å². The smallest absolute Gasteiger partial charge is 0.387 e. The molecule has 0 aliphatic carbocycles. The Hall–Kier alpha value is -3.67. The molecular weight excluding hydrogens is 466 g/mol. The summed E-state index contributed by atoms with van der Waals surface area (Å²) in [4.78, 5) is 41.5. The summed E-state index contributed by atoms with van der Waals surface area (Å²) in [6, 6.07) is 4.17. The van der Waals surface area contributed by atoms with E-state index in [2.05, 4.69) is 9.72 Å². The van der Waals surface area contributed by atoms with Crippen molar-refractivity contribution in [1.29, 1.82) is 0 Å². The van der Waals surface area contributed by atoms with E-state index in [0.717, 1.165) is 0 Å². The molecule has 0 bridgehead atoms. The van der Waals surface area contributed by atoms with Crippen LogP contribution in [0.25, 0.3) is 6.08 Å². The van der Waals surface area contributed by atoms with Gasteiger partial charge in [-0.15, -0.1) is 0 Å². The minimum absolute atomic E-state index is 0.0540. The first kappa shape index (κ1) is 27.6. The fourth-order valence-electron chi connectivity index (χ4n) is 3.32. The molecule has 35 heavy (non-hydrogen) atoms. The summed E-state index contributed by atoms with van der Waals surface area (Å²) in [6.07, 6.45) is 3.02. The van der Waals surface area contributed by atoms with Crippen LogP contribution in [0.15, 0.2) is 33.9 Å². The quantitative estimate of drug-likeness (QED) is 0.341. The van der Waals surface area contributed by atoms with Crippen LogP contribution in [-0.4, -0.2) is 49.4 Å². The van der Waals surface area contributed by atoms with Crippen molar-refractivity contribution in [3.8, 4) is 11.5 Å². The lowest BCUT2D eigenvalue weighted by Crippen LogP contribution is -2.41. The van der Waals surface area contributed by atoms with Crippen LogP contribution in [0.4, 0.5) is 20.3 Å². The zero-order valence-electron chi connectivity index (χ0n) is 20.0. The molecule has 0 spiro atoms. The third kappa shape index (κ3) is 7.41.